The summed E-state index contributed by atoms with van der Waals surface area (Å²) >= 11 is 5.75. The highest BCUT2D eigenvalue weighted by molar-refractivity contribution is 6.29. The number of nitrogens with zero attached hydrogens (tertiary/aromatic N) is 1. The molecule has 1 aromatic carbocycles. The van der Waals surface area contributed by atoms with Gasteiger partial charge in [-0.15, -0.1) is 0 Å². The van der Waals surface area contributed by atoms with Gasteiger partial charge in [0.25, 0.3) is 0 Å². The van der Waals surface area contributed by atoms with Gasteiger partial charge in [0.1, 0.15) is 10.9 Å². The third kappa shape index (κ3) is 3.19. The van der Waals surface area contributed by atoms with Gasteiger partial charge in [-0.25, -0.2) is 4.98 Å². The molecule has 1 heterocycles. The molecule has 0 saturated carbocycles. The Balaban J connectivity index is 2.14. The van der Waals surface area contributed by atoms with E-state index in [2.05, 4.69) is 4.98 Å². The van der Waals surface area contributed by atoms with E-state index in [1.54, 1.807) is 36.5 Å². The van der Waals surface area contributed by atoms with E-state index in [9.17, 15) is 10.2 Å². The van der Waals surface area contributed by atoms with Gasteiger partial charge in [0.2, 0.25) is 0 Å². The molecule has 1 atom stereocenters. The molecule has 0 saturated heterocycles. The summed E-state index contributed by atoms with van der Waals surface area (Å²) in [6.45, 7) is 0. The van der Waals surface area contributed by atoms with Crippen LogP contribution in [0.4, 0.5) is 0 Å². The van der Waals surface area contributed by atoms with E-state index in [1.807, 2.05) is 6.07 Å². The third-order valence-corrected chi connectivity index (χ3v) is 2.68. The van der Waals surface area contributed by atoms with Crippen molar-refractivity contribution in [3.63, 3.8) is 0 Å². The van der Waals surface area contributed by atoms with Crippen LogP contribution in [0.15, 0.2) is 42.6 Å². The van der Waals surface area contributed by atoms with Crippen molar-refractivity contribution in [3.05, 3.63) is 58.9 Å². The van der Waals surface area contributed by atoms with E-state index in [4.69, 9.17) is 11.6 Å². The second-order valence-electron chi connectivity index (χ2n) is 3.80. The van der Waals surface area contributed by atoms with E-state index in [1.165, 1.54) is 0 Å². The standard InChI is InChI=1S/C13H12ClNO2/c14-13-8-10(4-5-15-13)12(17)7-9-2-1-3-11(16)6-9/h1-6,8,12,16-17H,7H2. The summed E-state index contributed by atoms with van der Waals surface area (Å²) in [5, 5.41) is 19.7. The molecule has 0 bridgehead atoms. The van der Waals surface area contributed by atoms with E-state index in [-0.39, 0.29) is 5.75 Å². The Labute approximate surface area is 104 Å². The molecule has 3 nitrogen and oxygen atoms in total. The molecule has 0 aliphatic rings. The second kappa shape index (κ2) is 5.17. The van der Waals surface area contributed by atoms with Gasteiger partial charge in [-0.05, 0) is 35.4 Å². The molecule has 0 radical (unpaired) electrons. The highest BCUT2D eigenvalue weighted by Crippen LogP contribution is 2.21. The number of benzene rings is 1. The number of phenols is 1. The molecule has 2 rings (SSSR count). The molecule has 17 heavy (non-hydrogen) atoms. The number of aromatic hydroxyl groups is 1. The molecule has 0 fully saturated rings. The van der Waals surface area contributed by atoms with Crippen molar-refractivity contribution in [2.24, 2.45) is 0 Å². The average Bonchev–Trinajstić information content (AvgIpc) is 2.29. The molecule has 1 aromatic heterocycles. The third-order valence-electron chi connectivity index (χ3n) is 2.48. The molecule has 4 heteroatoms. The lowest BCUT2D eigenvalue weighted by Gasteiger charge is -2.11. The van der Waals surface area contributed by atoms with Crippen LogP contribution in [0.25, 0.3) is 0 Å². The number of aromatic nitrogens is 1. The lowest BCUT2D eigenvalue weighted by Crippen LogP contribution is -2.01. The monoisotopic (exact) mass is 249 g/mol. The number of hydrogen-bond acceptors (Lipinski definition) is 3. The normalized spacial score (nSPS) is 12.4. The first-order valence-electron chi connectivity index (χ1n) is 5.22. The van der Waals surface area contributed by atoms with Crippen LogP contribution in [0.2, 0.25) is 5.15 Å². The maximum atomic E-state index is 10.0. The average molecular weight is 250 g/mol. The van der Waals surface area contributed by atoms with Crippen molar-refractivity contribution in [1.29, 1.82) is 0 Å². The van der Waals surface area contributed by atoms with Crippen molar-refractivity contribution in [1.82, 2.24) is 4.98 Å². The zero-order valence-electron chi connectivity index (χ0n) is 9.05. The molecule has 0 spiro atoms. The first-order valence-corrected chi connectivity index (χ1v) is 5.60. The Kier molecular flexibility index (Phi) is 3.61. The minimum absolute atomic E-state index is 0.197. The molecule has 0 aliphatic heterocycles. The maximum Gasteiger partial charge on any atom is 0.129 e. The number of pyridine rings is 1. The zero-order chi connectivity index (χ0) is 12.3. The summed E-state index contributed by atoms with van der Waals surface area (Å²) in [7, 11) is 0. The maximum absolute atomic E-state index is 10.0. The predicted molar refractivity (Wildman–Crippen MR) is 66.0 cm³/mol. The van der Waals surface area contributed by atoms with Crippen LogP contribution in [-0.4, -0.2) is 15.2 Å². The van der Waals surface area contributed by atoms with Crippen molar-refractivity contribution >= 4 is 11.6 Å². The zero-order valence-corrected chi connectivity index (χ0v) is 9.80. The number of rotatable bonds is 3. The fourth-order valence-electron chi connectivity index (χ4n) is 1.65. The van der Waals surface area contributed by atoms with Gasteiger partial charge in [0.05, 0.1) is 6.10 Å². The van der Waals surface area contributed by atoms with E-state index in [0.717, 1.165) is 5.56 Å². The van der Waals surface area contributed by atoms with Crippen molar-refractivity contribution < 1.29 is 10.2 Å². The molecule has 1 unspecified atom stereocenters. The molecule has 0 aliphatic carbocycles. The van der Waals surface area contributed by atoms with Gasteiger partial charge in [0, 0.05) is 12.6 Å². The molecular formula is C13H12ClNO2. The summed E-state index contributed by atoms with van der Waals surface area (Å²) in [6.07, 6.45) is 1.33. The largest absolute Gasteiger partial charge is 0.508 e. The number of aliphatic hydroxyl groups is 1. The lowest BCUT2D eigenvalue weighted by molar-refractivity contribution is 0.178. The van der Waals surface area contributed by atoms with E-state index in [0.29, 0.717) is 17.1 Å². The summed E-state index contributed by atoms with van der Waals surface area (Å²) in [4.78, 5) is 3.86. The number of aliphatic hydroxyl groups excluding tert-OH is 1. The van der Waals surface area contributed by atoms with Crippen molar-refractivity contribution in [2.45, 2.75) is 12.5 Å². The SMILES string of the molecule is Oc1cccc(CC(O)c2ccnc(Cl)c2)c1. The fourth-order valence-corrected chi connectivity index (χ4v) is 1.83. The smallest absolute Gasteiger partial charge is 0.129 e. The first kappa shape index (κ1) is 11.9. The van der Waals surface area contributed by atoms with Gasteiger partial charge >= 0.3 is 0 Å². The van der Waals surface area contributed by atoms with E-state index < -0.39 is 6.10 Å². The van der Waals surface area contributed by atoms with E-state index >= 15 is 0 Å². The van der Waals surface area contributed by atoms with Gasteiger partial charge in [-0.1, -0.05) is 23.7 Å². The Morgan fingerprint density at radius 2 is 2.06 bits per heavy atom. The van der Waals surface area contributed by atoms with Crippen LogP contribution in [0, 0.1) is 0 Å². The molecule has 2 N–H and O–H groups in total. The topological polar surface area (TPSA) is 53.4 Å². The fraction of sp³-hybridized carbons (Fsp3) is 0.154. The number of hydrogen-bond donors (Lipinski definition) is 2. The Bertz CT molecular complexity index is 516. The minimum atomic E-state index is -0.655. The van der Waals surface area contributed by atoms with Crippen LogP contribution in [-0.2, 0) is 6.42 Å². The second-order valence-corrected chi connectivity index (χ2v) is 4.19. The van der Waals surface area contributed by atoms with Crippen LogP contribution in [0.5, 0.6) is 5.75 Å². The summed E-state index contributed by atoms with van der Waals surface area (Å²) in [5.74, 6) is 0.197. The molecule has 0 amide bonds. The highest BCUT2D eigenvalue weighted by Gasteiger charge is 2.09. The van der Waals surface area contributed by atoms with Crippen molar-refractivity contribution in [3.8, 4) is 5.75 Å². The van der Waals surface area contributed by atoms with Gasteiger partial charge in [-0.2, -0.15) is 0 Å². The number of phenolic OH excluding ortho intramolecular Hbond substituents is 1. The van der Waals surface area contributed by atoms with Crippen LogP contribution in [0.1, 0.15) is 17.2 Å². The molecule has 2 aromatic rings. The molecular weight excluding hydrogens is 238 g/mol. The lowest BCUT2D eigenvalue weighted by atomic mass is 10.0. The Morgan fingerprint density at radius 1 is 1.24 bits per heavy atom. The summed E-state index contributed by atoms with van der Waals surface area (Å²) in [6, 6.07) is 10.2. The van der Waals surface area contributed by atoms with Crippen LogP contribution < -0.4 is 0 Å². The van der Waals surface area contributed by atoms with Gasteiger partial charge in [0.15, 0.2) is 0 Å². The Hall–Kier alpha value is -1.58. The predicted octanol–water partition coefficient (Wildman–Crippen LogP) is 2.72. The highest BCUT2D eigenvalue weighted by atomic mass is 35.5. The van der Waals surface area contributed by atoms with Crippen molar-refractivity contribution in [2.75, 3.05) is 0 Å². The van der Waals surface area contributed by atoms with Crippen LogP contribution in [0.3, 0.4) is 0 Å². The quantitative estimate of drug-likeness (QED) is 0.823. The minimum Gasteiger partial charge on any atom is -0.508 e. The summed E-state index contributed by atoms with van der Waals surface area (Å²) < 4.78 is 0. The van der Waals surface area contributed by atoms with Crippen LogP contribution >= 0.6 is 11.6 Å². The summed E-state index contributed by atoms with van der Waals surface area (Å²) in [5.41, 5.74) is 1.58. The Morgan fingerprint density at radius 3 is 2.76 bits per heavy atom. The van der Waals surface area contributed by atoms with Gasteiger partial charge in [-0.3, -0.25) is 0 Å². The number of halogens is 1. The molecule has 88 valence electrons. The van der Waals surface area contributed by atoms with Gasteiger partial charge < -0.3 is 10.2 Å². The first-order chi connectivity index (χ1) is 8.15.